The van der Waals surface area contributed by atoms with E-state index in [1.807, 2.05) is 21.1 Å². The zero-order valence-electron chi connectivity index (χ0n) is 67.9. The van der Waals surface area contributed by atoms with Crippen molar-refractivity contribution in [3.63, 3.8) is 0 Å². The van der Waals surface area contributed by atoms with Crippen LogP contribution in [0, 0.1) is 0 Å². The number of phosphoric acid groups is 1. The molecule has 104 heavy (non-hydrogen) atoms. The summed E-state index contributed by atoms with van der Waals surface area (Å²) < 4.78 is 34.4. The van der Waals surface area contributed by atoms with Crippen LogP contribution in [0.3, 0.4) is 0 Å². The van der Waals surface area contributed by atoms with E-state index in [1.165, 1.54) is 212 Å². The summed E-state index contributed by atoms with van der Waals surface area (Å²) >= 11 is 0. The van der Waals surface area contributed by atoms with E-state index in [2.05, 4.69) is 184 Å². The van der Waals surface area contributed by atoms with Crippen LogP contribution in [0.4, 0.5) is 0 Å². The van der Waals surface area contributed by atoms with Crippen molar-refractivity contribution < 1.29 is 42.1 Å². The first kappa shape index (κ1) is 99.4. The van der Waals surface area contributed by atoms with Crippen LogP contribution in [-0.2, 0) is 32.7 Å². The van der Waals surface area contributed by atoms with Gasteiger partial charge < -0.3 is 27.9 Å². The third-order valence-electron chi connectivity index (χ3n) is 18.2. The summed E-state index contributed by atoms with van der Waals surface area (Å²) in [5.74, 6) is -0.883. The van der Waals surface area contributed by atoms with Crippen molar-refractivity contribution in [3.8, 4) is 0 Å². The molecule has 0 saturated heterocycles. The number of carbonyl (C=O) groups is 2. The maximum absolute atomic E-state index is 12.9. The second kappa shape index (κ2) is 82.4. The highest BCUT2D eigenvalue weighted by molar-refractivity contribution is 7.45. The number of esters is 2. The second-order valence-electron chi connectivity index (χ2n) is 29.5. The lowest BCUT2D eigenvalue weighted by Gasteiger charge is -2.28. The van der Waals surface area contributed by atoms with Gasteiger partial charge in [0.2, 0.25) is 0 Å². The number of phosphoric ester groups is 1. The Labute approximate surface area is 642 Å². The lowest BCUT2D eigenvalue weighted by molar-refractivity contribution is -0.870. The number of unbranched alkanes of at least 4 members (excludes halogenated alkanes) is 36. The highest BCUT2D eigenvalue weighted by Crippen LogP contribution is 2.38. The van der Waals surface area contributed by atoms with Gasteiger partial charge in [-0.25, -0.2) is 0 Å². The smallest absolute Gasteiger partial charge is 0.306 e. The number of hydrogen-bond acceptors (Lipinski definition) is 8. The van der Waals surface area contributed by atoms with Crippen LogP contribution in [0.25, 0.3) is 0 Å². The van der Waals surface area contributed by atoms with Gasteiger partial charge in [-0.3, -0.25) is 14.2 Å². The summed E-state index contributed by atoms with van der Waals surface area (Å²) in [4.78, 5) is 38.2. The quantitative estimate of drug-likeness (QED) is 0.0195. The molecule has 0 heterocycles. The predicted octanol–water partition coefficient (Wildman–Crippen LogP) is 28.5. The Balaban J connectivity index is 4.03. The number of ether oxygens (including phenoxy) is 2. The molecule has 0 radical (unpaired) electrons. The van der Waals surface area contributed by atoms with E-state index in [1.54, 1.807) is 0 Å². The molecule has 0 aromatic rings. The van der Waals surface area contributed by atoms with Gasteiger partial charge in [-0.2, -0.15) is 0 Å². The molecule has 0 spiro atoms. The molecule has 10 heteroatoms. The summed E-state index contributed by atoms with van der Waals surface area (Å²) in [5, 5.41) is 0. The molecule has 0 aromatic heterocycles. The van der Waals surface area contributed by atoms with Crippen LogP contribution in [0.5, 0.6) is 0 Å². The standard InChI is InChI=1S/C94H160NO8P/c1-6-8-10-12-14-16-18-20-22-24-26-28-30-32-34-36-38-40-42-44-46-47-49-50-52-54-56-58-60-62-64-66-68-70-72-74-76-78-80-82-84-86-93(96)100-90-92(91-102-104(98,99)101-89-88-95(3,4)5)103-94(97)87-85-83-81-79-77-75-73-71-69-67-65-63-61-59-57-55-53-51-48-45-43-41-39-37-35-33-31-29-27-25-23-21-19-17-15-13-11-9-7-2/h9,11,15,17-18,20-21,23-24,26-27,29,33,35,39,41,45,48,53,55,59,61,65,67,71,73,77,79,92H,6-8,10,12-14,16,19,22,25,28,30-32,34,36-38,40,42-44,46-47,49-52,54,56-58,60,62-64,66,68-70,72,74-76,78,80-91H2,1-5H3/b11-9-,17-15-,20-18-,23-21-,26-24-,29-27-,35-33-,41-39-,48-45-,55-53-,61-59-,67-65-,73-71-,79-77-. The van der Waals surface area contributed by atoms with Gasteiger partial charge >= 0.3 is 11.9 Å². The molecule has 0 aromatic carbocycles. The molecule has 2 unspecified atom stereocenters. The van der Waals surface area contributed by atoms with Gasteiger partial charge in [-0.05, 0) is 135 Å². The molecule has 0 fully saturated rings. The van der Waals surface area contributed by atoms with Crippen LogP contribution in [0.15, 0.2) is 170 Å². The van der Waals surface area contributed by atoms with Crippen molar-refractivity contribution in [1.82, 2.24) is 0 Å². The molecule has 2 atom stereocenters. The Morgan fingerprint density at radius 2 is 0.548 bits per heavy atom. The first-order valence-corrected chi connectivity index (χ1v) is 44.3. The highest BCUT2D eigenvalue weighted by Gasteiger charge is 2.22. The summed E-state index contributed by atoms with van der Waals surface area (Å²) in [6.45, 7) is 4.08. The van der Waals surface area contributed by atoms with E-state index < -0.39 is 32.5 Å². The number of rotatable bonds is 78. The summed E-state index contributed by atoms with van der Waals surface area (Å²) in [6, 6.07) is 0. The minimum atomic E-state index is -4.67. The van der Waals surface area contributed by atoms with E-state index in [0.29, 0.717) is 17.4 Å². The molecule has 0 aliphatic rings. The molecule has 0 aliphatic carbocycles. The van der Waals surface area contributed by atoms with Gasteiger partial charge in [0.15, 0.2) is 6.10 Å². The van der Waals surface area contributed by atoms with Crippen molar-refractivity contribution in [1.29, 1.82) is 0 Å². The maximum atomic E-state index is 12.9. The monoisotopic (exact) mass is 1460 g/mol. The molecular formula is C94H160NO8P. The van der Waals surface area contributed by atoms with Crippen molar-refractivity contribution in [2.75, 3.05) is 47.5 Å². The van der Waals surface area contributed by atoms with E-state index in [9.17, 15) is 19.0 Å². The minimum Gasteiger partial charge on any atom is -0.756 e. The Bertz CT molecular complexity index is 2370. The third-order valence-corrected chi connectivity index (χ3v) is 19.2. The minimum absolute atomic E-state index is 0.0463. The Kier molecular flexibility index (Phi) is 78.8. The number of nitrogens with zero attached hydrogens (tertiary/aromatic N) is 1. The second-order valence-corrected chi connectivity index (χ2v) is 30.9. The van der Waals surface area contributed by atoms with Crippen molar-refractivity contribution in [3.05, 3.63) is 170 Å². The average molecular weight is 1460 g/mol. The van der Waals surface area contributed by atoms with Gasteiger partial charge in [-0.15, -0.1) is 0 Å². The molecular weight excluding hydrogens is 1300 g/mol. The Hall–Kier alpha value is -4.63. The highest BCUT2D eigenvalue weighted by atomic mass is 31.2. The maximum Gasteiger partial charge on any atom is 0.306 e. The summed E-state index contributed by atoms with van der Waals surface area (Å²) in [5.41, 5.74) is 0. The van der Waals surface area contributed by atoms with Crippen LogP contribution < -0.4 is 4.89 Å². The van der Waals surface area contributed by atoms with Crippen LogP contribution >= 0.6 is 7.82 Å². The molecule has 0 amide bonds. The fourth-order valence-electron chi connectivity index (χ4n) is 11.7. The van der Waals surface area contributed by atoms with Crippen LogP contribution in [-0.4, -0.2) is 70.0 Å². The summed E-state index contributed by atoms with van der Waals surface area (Å²) in [6.07, 6.45) is 125. The van der Waals surface area contributed by atoms with E-state index in [0.717, 1.165) is 116 Å². The molecule has 0 aliphatic heterocycles. The fraction of sp³-hybridized carbons (Fsp3) is 0.681. The van der Waals surface area contributed by atoms with Crippen molar-refractivity contribution in [2.24, 2.45) is 0 Å². The third kappa shape index (κ3) is 86.3. The molecule has 0 rings (SSSR count). The zero-order valence-corrected chi connectivity index (χ0v) is 68.8. The number of quaternary nitrogens is 1. The lowest BCUT2D eigenvalue weighted by Crippen LogP contribution is -2.37. The normalized spacial score (nSPS) is 13.9. The first-order valence-electron chi connectivity index (χ1n) is 42.8. The molecule has 0 saturated carbocycles. The van der Waals surface area contributed by atoms with Crippen LogP contribution in [0.2, 0.25) is 0 Å². The van der Waals surface area contributed by atoms with Crippen molar-refractivity contribution >= 4 is 19.8 Å². The molecule has 9 nitrogen and oxygen atoms in total. The van der Waals surface area contributed by atoms with Gasteiger partial charge in [0.05, 0.1) is 27.7 Å². The van der Waals surface area contributed by atoms with Gasteiger partial charge in [0.25, 0.3) is 7.82 Å². The van der Waals surface area contributed by atoms with Gasteiger partial charge in [0.1, 0.15) is 19.8 Å². The van der Waals surface area contributed by atoms with E-state index in [4.69, 9.17) is 18.5 Å². The molecule has 594 valence electrons. The number of allylic oxidation sites excluding steroid dienone is 28. The molecule has 0 N–H and O–H groups in total. The lowest BCUT2D eigenvalue weighted by atomic mass is 10.0. The first-order chi connectivity index (χ1) is 51.0. The zero-order chi connectivity index (χ0) is 75.4. The van der Waals surface area contributed by atoms with Crippen molar-refractivity contribution in [2.45, 2.75) is 367 Å². The molecule has 0 bridgehead atoms. The number of carbonyl (C=O) groups excluding carboxylic acids is 2. The van der Waals surface area contributed by atoms with E-state index >= 15 is 0 Å². The van der Waals surface area contributed by atoms with Gasteiger partial charge in [-0.1, -0.05) is 383 Å². The summed E-state index contributed by atoms with van der Waals surface area (Å²) in [7, 11) is 1.13. The topological polar surface area (TPSA) is 111 Å². The Morgan fingerprint density at radius 3 is 0.837 bits per heavy atom. The van der Waals surface area contributed by atoms with Crippen LogP contribution in [0.1, 0.15) is 361 Å². The number of hydrogen-bond donors (Lipinski definition) is 0. The SMILES string of the molecule is CC/C=C\C/C=C\C/C=C\C/C=C\C/C=C\C/C=C\C/C=C\C/C=C\C/C=C\C/C=C\C/C=C\C/C=C\CCCCC(=O)OC(COC(=O)CCCCCCCCCCCCCCCCCCCCCCCCCCCCCCC/C=C\C/C=C\CCCCCCC)COP(=O)([O-])OCC[N+](C)(C)C. The average Bonchev–Trinajstić information content (AvgIpc) is 0.915. The fourth-order valence-corrected chi connectivity index (χ4v) is 12.5. The predicted molar refractivity (Wildman–Crippen MR) is 452 cm³/mol. The Morgan fingerprint density at radius 1 is 0.308 bits per heavy atom. The largest absolute Gasteiger partial charge is 0.756 e. The van der Waals surface area contributed by atoms with E-state index in [-0.39, 0.29) is 26.1 Å². The van der Waals surface area contributed by atoms with Gasteiger partial charge in [0, 0.05) is 12.8 Å². The number of likely N-dealkylation sites (N-methyl/N-ethyl adjacent to an activating group) is 1.